The Morgan fingerprint density at radius 3 is 2.77 bits per heavy atom. The number of hydrogen-bond acceptors (Lipinski definition) is 6. The predicted molar refractivity (Wildman–Crippen MR) is 109 cm³/mol. The number of aromatic nitrogens is 1. The van der Waals surface area contributed by atoms with Crippen molar-refractivity contribution in [1.29, 1.82) is 0 Å². The first-order valence-electron chi connectivity index (χ1n) is 9.45. The van der Waals surface area contributed by atoms with Gasteiger partial charge in [0.05, 0.1) is 23.0 Å². The first-order chi connectivity index (χ1) is 14.5. The van der Waals surface area contributed by atoms with Crippen LogP contribution in [0.2, 0.25) is 0 Å². The molecule has 1 aromatic carbocycles. The van der Waals surface area contributed by atoms with Crippen molar-refractivity contribution in [3.63, 3.8) is 0 Å². The van der Waals surface area contributed by atoms with Gasteiger partial charge in [-0.05, 0) is 54.7 Å². The molecule has 3 N–H and O–H groups in total. The number of furan rings is 1. The standard InChI is InChI=1S/C22H19N3O5/c23-22(28)25-18(26)12-30-21(27)19-15-7-1-2-9-17(15)24-20-13(5-3-8-16(19)20)11-14-6-4-10-29-14/h1-2,4,6-7,9-11H,3,5,8,12H2,(H3,23,25,26,28)/b13-11+. The molecule has 4 rings (SSSR count). The number of rotatable bonds is 4. The number of para-hydroxylation sites is 1. The summed E-state index contributed by atoms with van der Waals surface area (Å²) in [7, 11) is 0. The molecular weight excluding hydrogens is 386 g/mol. The van der Waals surface area contributed by atoms with Gasteiger partial charge in [-0.25, -0.2) is 14.6 Å². The van der Waals surface area contributed by atoms with Gasteiger partial charge in [0.25, 0.3) is 5.91 Å². The van der Waals surface area contributed by atoms with Crippen LogP contribution in [0.25, 0.3) is 22.6 Å². The van der Waals surface area contributed by atoms with Gasteiger partial charge < -0.3 is 14.9 Å². The van der Waals surface area contributed by atoms with Gasteiger partial charge in [-0.15, -0.1) is 0 Å². The number of nitrogens with two attached hydrogens (primary N) is 1. The van der Waals surface area contributed by atoms with Gasteiger partial charge in [0.2, 0.25) is 0 Å². The van der Waals surface area contributed by atoms with Gasteiger partial charge >= 0.3 is 12.0 Å². The number of hydrogen-bond donors (Lipinski definition) is 2. The molecule has 0 saturated heterocycles. The van der Waals surface area contributed by atoms with E-state index in [0.29, 0.717) is 28.6 Å². The number of ether oxygens (including phenoxy) is 1. The topological polar surface area (TPSA) is 125 Å². The maximum atomic E-state index is 13.0. The van der Waals surface area contributed by atoms with Gasteiger partial charge in [0, 0.05) is 5.39 Å². The van der Waals surface area contributed by atoms with Crippen molar-refractivity contribution in [3.05, 3.63) is 65.2 Å². The van der Waals surface area contributed by atoms with Crippen LogP contribution in [0.3, 0.4) is 0 Å². The first-order valence-corrected chi connectivity index (χ1v) is 9.45. The van der Waals surface area contributed by atoms with E-state index in [9.17, 15) is 14.4 Å². The molecule has 0 unspecified atom stereocenters. The lowest BCUT2D eigenvalue weighted by molar-refractivity contribution is -0.123. The number of nitrogens with one attached hydrogen (secondary N) is 1. The second-order valence-electron chi connectivity index (χ2n) is 6.86. The summed E-state index contributed by atoms with van der Waals surface area (Å²) in [5.74, 6) is -0.731. The SMILES string of the molecule is NC(=O)NC(=O)COC(=O)c1c2c(nc3ccccc13)/C(=C/c1ccco1)CCC2. The smallest absolute Gasteiger partial charge is 0.339 e. The molecule has 152 valence electrons. The Morgan fingerprint density at radius 2 is 2.00 bits per heavy atom. The monoisotopic (exact) mass is 405 g/mol. The number of imide groups is 1. The maximum absolute atomic E-state index is 13.0. The number of primary amides is 1. The molecule has 3 aromatic rings. The van der Waals surface area contributed by atoms with Gasteiger partial charge in [-0.1, -0.05) is 18.2 Å². The minimum absolute atomic E-state index is 0.382. The molecule has 0 spiro atoms. The Labute approximate surface area is 171 Å². The van der Waals surface area contributed by atoms with Crippen molar-refractivity contribution in [2.24, 2.45) is 5.73 Å². The second-order valence-corrected chi connectivity index (χ2v) is 6.86. The van der Waals surface area contributed by atoms with Crippen molar-refractivity contribution in [2.75, 3.05) is 6.61 Å². The molecule has 2 aromatic heterocycles. The first kappa shape index (κ1) is 19.4. The molecule has 0 aliphatic heterocycles. The van der Waals surface area contributed by atoms with Gasteiger partial charge in [0.1, 0.15) is 5.76 Å². The largest absolute Gasteiger partial charge is 0.465 e. The highest BCUT2D eigenvalue weighted by Gasteiger charge is 2.26. The molecule has 8 heteroatoms. The van der Waals surface area contributed by atoms with Crippen LogP contribution in [0.5, 0.6) is 0 Å². The average molecular weight is 405 g/mol. The summed E-state index contributed by atoms with van der Waals surface area (Å²) in [4.78, 5) is 40.2. The third-order valence-corrected chi connectivity index (χ3v) is 4.83. The fraction of sp³-hybridized carbons (Fsp3) is 0.182. The Morgan fingerprint density at radius 1 is 1.17 bits per heavy atom. The zero-order valence-corrected chi connectivity index (χ0v) is 16.0. The number of amides is 3. The third kappa shape index (κ3) is 3.93. The Kier molecular flexibility index (Phi) is 5.30. The molecule has 0 bridgehead atoms. The fourth-order valence-corrected chi connectivity index (χ4v) is 3.63. The molecule has 30 heavy (non-hydrogen) atoms. The molecule has 0 atom stereocenters. The van der Waals surface area contributed by atoms with Crippen LogP contribution in [0.4, 0.5) is 4.79 Å². The molecule has 1 aliphatic rings. The van der Waals surface area contributed by atoms with E-state index >= 15 is 0 Å². The minimum Gasteiger partial charge on any atom is -0.465 e. The maximum Gasteiger partial charge on any atom is 0.339 e. The summed E-state index contributed by atoms with van der Waals surface area (Å²) < 4.78 is 10.6. The average Bonchev–Trinajstić information content (AvgIpc) is 3.23. The molecular formula is C22H19N3O5. The van der Waals surface area contributed by atoms with Crippen molar-refractivity contribution < 1.29 is 23.5 Å². The van der Waals surface area contributed by atoms with E-state index in [-0.39, 0.29) is 0 Å². The highest BCUT2D eigenvalue weighted by atomic mass is 16.5. The number of allylic oxidation sites excluding steroid dienone is 1. The van der Waals surface area contributed by atoms with Crippen LogP contribution in [-0.4, -0.2) is 29.5 Å². The summed E-state index contributed by atoms with van der Waals surface area (Å²) in [6.45, 7) is -0.609. The van der Waals surface area contributed by atoms with Crippen LogP contribution in [0.1, 0.15) is 40.2 Å². The molecule has 0 saturated carbocycles. The van der Waals surface area contributed by atoms with Crippen LogP contribution in [-0.2, 0) is 16.0 Å². The van der Waals surface area contributed by atoms with Crippen LogP contribution < -0.4 is 11.1 Å². The number of carbonyl (C=O) groups excluding carboxylic acids is 3. The summed E-state index contributed by atoms with van der Waals surface area (Å²) in [5.41, 5.74) is 8.42. The highest BCUT2D eigenvalue weighted by Crippen LogP contribution is 2.36. The molecule has 8 nitrogen and oxygen atoms in total. The third-order valence-electron chi connectivity index (χ3n) is 4.83. The van der Waals surface area contributed by atoms with Gasteiger partial charge in [-0.2, -0.15) is 0 Å². The van der Waals surface area contributed by atoms with Crippen molar-refractivity contribution in [2.45, 2.75) is 19.3 Å². The number of pyridine rings is 1. The lowest BCUT2D eigenvalue weighted by Gasteiger charge is -2.22. The van der Waals surface area contributed by atoms with Gasteiger partial charge in [0.15, 0.2) is 6.61 Å². The minimum atomic E-state index is -1.00. The lowest BCUT2D eigenvalue weighted by atomic mass is 9.86. The van der Waals surface area contributed by atoms with Crippen LogP contribution in [0.15, 0.2) is 47.1 Å². The van der Waals surface area contributed by atoms with Crippen molar-refractivity contribution in [3.8, 4) is 0 Å². The van der Waals surface area contributed by atoms with Crippen molar-refractivity contribution in [1.82, 2.24) is 10.3 Å². The Bertz CT molecular complexity index is 1160. The normalized spacial score (nSPS) is 14.3. The molecule has 2 heterocycles. The van der Waals surface area contributed by atoms with Gasteiger partial charge in [-0.3, -0.25) is 10.1 Å². The number of urea groups is 1. The Hall–Kier alpha value is -3.94. The Balaban J connectivity index is 1.76. The zero-order chi connectivity index (χ0) is 21.1. The van der Waals surface area contributed by atoms with E-state index < -0.39 is 24.5 Å². The van der Waals surface area contributed by atoms with E-state index in [0.717, 1.165) is 29.7 Å². The van der Waals surface area contributed by atoms with E-state index in [4.69, 9.17) is 19.9 Å². The number of benzene rings is 1. The summed E-state index contributed by atoms with van der Waals surface area (Å²) in [6, 6.07) is 9.94. The van der Waals surface area contributed by atoms with E-state index in [1.54, 1.807) is 12.3 Å². The zero-order valence-electron chi connectivity index (χ0n) is 16.0. The predicted octanol–water partition coefficient (Wildman–Crippen LogP) is 3.06. The van der Waals surface area contributed by atoms with E-state index in [1.807, 2.05) is 41.7 Å². The fourth-order valence-electron chi connectivity index (χ4n) is 3.63. The lowest BCUT2D eigenvalue weighted by Crippen LogP contribution is -2.37. The molecule has 3 amide bonds. The quantitative estimate of drug-likeness (QED) is 0.643. The van der Waals surface area contributed by atoms with E-state index in [1.165, 1.54) is 0 Å². The van der Waals surface area contributed by atoms with Crippen LogP contribution in [0, 0.1) is 0 Å². The van der Waals surface area contributed by atoms with Crippen molar-refractivity contribution >= 4 is 40.5 Å². The highest BCUT2D eigenvalue weighted by molar-refractivity contribution is 6.07. The number of esters is 1. The molecule has 0 radical (unpaired) electrons. The van der Waals surface area contributed by atoms with Crippen LogP contribution >= 0.6 is 0 Å². The number of carbonyl (C=O) groups is 3. The summed E-state index contributed by atoms with van der Waals surface area (Å²) in [6.07, 6.45) is 5.82. The molecule has 1 aliphatic carbocycles. The summed E-state index contributed by atoms with van der Waals surface area (Å²) >= 11 is 0. The molecule has 0 fully saturated rings. The number of fused-ring (bicyclic) bond motifs is 2. The second kappa shape index (κ2) is 8.20. The number of nitrogens with zero attached hydrogens (tertiary/aromatic N) is 1. The van der Waals surface area contributed by atoms with E-state index in [2.05, 4.69) is 0 Å². The summed E-state index contributed by atoms with van der Waals surface area (Å²) in [5, 5.41) is 2.52.